The Morgan fingerprint density at radius 2 is 1.44 bits per heavy atom. The number of carbonyl (C=O) groups excluding carboxylic acids is 2. The number of hydrogen-bond donors (Lipinski definition) is 2. The van der Waals surface area contributed by atoms with Gasteiger partial charge in [-0.3, -0.25) is 14.6 Å². The van der Waals surface area contributed by atoms with Gasteiger partial charge in [0.1, 0.15) is 17.0 Å². The molecule has 5 rings (SSSR count). The number of nitrogens with one attached hydrogen (secondary N) is 2. The smallest absolute Gasteiger partial charge is 0.240 e. The molecule has 0 atom stereocenters. The van der Waals surface area contributed by atoms with E-state index in [1.165, 1.54) is 43.5 Å². The van der Waals surface area contributed by atoms with Gasteiger partial charge < -0.3 is 34.3 Å². The van der Waals surface area contributed by atoms with Crippen molar-refractivity contribution in [3.8, 4) is 23.0 Å². The van der Waals surface area contributed by atoms with Crippen molar-refractivity contribution in [2.24, 2.45) is 5.41 Å². The summed E-state index contributed by atoms with van der Waals surface area (Å²) < 4.78 is 57.0. The average Bonchev–Trinajstić information content (AvgIpc) is 3.90. The molecule has 1 saturated carbocycles. The van der Waals surface area contributed by atoms with E-state index in [0.29, 0.717) is 79.5 Å². The molecule has 1 aliphatic rings. The molecule has 1 heterocycles. The second-order valence-corrected chi connectivity index (χ2v) is 11.4. The third-order valence-electron chi connectivity index (χ3n) is 7.73. The van der Waals surface area contributed by atoms with Gasteiger partial charge in [-0.25, -0.2) is 8.78 Å². The van der Waals surface area contributed by atoms with Crippen molar-refractivity contribution in [1.82, 2.24) is 4.98 Å². The first-order chi connectivity index (χ1) is 23.3. The Morgan fingerprint density at radius 3 is 2.10 bits per heavy atom. The number of hydrogen-bond acceptors (Lipinski definition) is 8. The Labute approximate surface area is 277 Å². The van der Waals surface area contributed by atoms with Crippen LogP contribution in [-0.2, 0) is 19.1 Å². The lowest BCUT2D eigenvalue weighted by atomic mass is 10.0. The van der Waals surface area contributed by atoms with Gasteiger partial charge in [0.2, 0.25) is 11.8 Å². The van der Waals surface area contributed by atoms with E-state index in [2.05, 4.69) is 22.5 Å². The lowest BCUT2D eigenvalue weighted by molar-refractivity contribution is -0.131. The maximum absolute atomic E-state index is 15.2. The first kappa shape index (κ1) is 34.5. The Balaban J connectivity index is 1.18. The van der Waals surface area contributed by atoms with Crippen LogP contribution in [0.15, 0.2) is 66.9 Å². The fourth-order valence-corrected chi connectivity index (χ4v) is 4.94. The molecule has 1 aromatic heterocycles. The van der Waals surface area contributed by atoms with Crippen LogP contribution in [-0.4, -0.2) is 56.9 Å². The number of amides is 2. The van der Waals surface area contributed by atoms with Gasteiger partial charge in [0.25, 0.3) is 0 Å². The summed E-state index contributed by atoms with van der Waals surface area (Å²) >= 11 is 0. The zero-order chi connectivity index (χ0) is 33.9. The van der Waals surface area contributed by atoms with Gasteiger partial charge in [0.15, 0.2) is 23.1 Å². The Hall–Kier alpha value is -4.81. The van der Waals surface area contributed by atoms with Crippen LogP contribution in [0.2, 0.25) is 0 Å². The van der Waals surface area contributed by atoms with E-state index in [1.54, 1.807) is 24.4 Å². The molecule has 0 radical (unpaired) electrons. The number of methoxy groups -OCH3 is 1. The maximum Gasteiger partial charge on any atom is 0.240 e. The number of ether oxygens (including phenoxy) is 5. The summed E-state index contributed by atoms with van der Waals surface area (Å²) in [4.78, 5) is 30.3. The lowest BCUT2D eigenvalue weighted by Gasteiger charge is -2.16. The van der Waals surface area contributed by atoms with Gasteiger partial charge in [0, 0.05) is 67.9 Å². The molecule has 10 nitrogen and oxygen atoms in total. The van der Waals surface area contributed by atoms with Crippen molar-refractivity contribution < 1.29 is 42.1 Å². The third-order valence-corrected chi connectivity index (χ3v) is 7.73. The molecule has 48 heavy (non-hydrogen) atoms. The first-order valence-corrected chi connectivity index (χ1v) is 15.9. The summed E-state index contributed by atoms with van der Waals surface area (Å²) in [5.41, 5.74) is -0.183. The van der Waals surface area contributed by atoms with Crippen molar-refractivity contribution in [2.75, 3.05) is 50.8 Å². The first-order valence-electron chi connectivity index (χ1n) is 15.9. The van der Waals surface area contributed by atoms with Gasteiger partial charge in [0.05, 0.1) is 19.2 Å². The van der Waals surface area contributed by atoms with Crippen LogP contribution < -0.4 is 24.8 Å². The van der Waals surface area contributed by atoms with Crippen LogP contribution in [0.5, 0.6) is 23.0 Å². The Bertz CT molecular complexity index is 1710. The van der Waals surface area contributed by atoms with Gasteiger partial charge in [-0.15, -0.1) is 0 Å². The summed E-state index contributed by atoms with van der Waals surface area (Å²) in [6, 6.07) is 14.3. The molecule has 2 amide bonds. The zero-order valence-corrected chi connectivity index (χ0v) is 27.0. The van der Waals surface area contributed by atoms with Crippen molar-refractivity contribution in [3.05, 3.63) is 78.5 Å². The molecular weight excluding hydrogens is 624 g/mol. The lowest BCUT2D eigenvalue weighted by Crippen LogP contribution is -2.35. The second-order valence-electron chi connectivity index (χ2n) is 11.4. The molecule has 4 aromatic rings. The van der Waals surface area contributed by atoms with Crippen LogP contribution in [0.25, 0.3) is 10.9 Å². The fourth-order valence-electron chi connectivity index (χ4n) is 4.94. The van der Waals surface area contributed by atoms with Crippen LogP contribution in [0.4, 0.5) is 20.2 Å². The molecule has 0 aliphatic heterocycles. The molecule has 254 valence electrons. The summed E-state index contributed by atoms with van der Waals surface area (Å²) in [6.45, 7) is 5.14. The minimum Gasteiger partial charge on any atom is -0.493 e. The van der Waals surface area contributed by atoms with Gasteiger partial charge >= 0.3 is 0 Å². The highest BCUT2D eigenvalue weighted by molar-refractivity contribution is 6.16. The number of benzene rings is 3. The molecule has 12 heteroatoms. The number of carbonyl (C=O) groups is 2. The van der Waals surface area contributed by atoms with E-state index in [-0.39, 0.29) is 11.4 Å². The fraction of sp³-hybridized carbons (Fsp3) is 0.361. The van der Waals surface area contributed by atoms with Crippen molar-refractivity contribution in [3.63, 3.8) is 0 Å². The summed E-state index contributed by atoms with van der Waals surface area (Å²) in [5, 5.41) is 5.86. The number of pyridine rings is 1. The SMILES string of the molecule is CCCOCCCOCCCOc1cc2nccc(Oc3ccc(NC(=O)C4(C(=O)Nc5ccc(F)cc5)CC4)cc3F)c2cc1OC. The van der Waals surface area contributed by atoms with Crippen molar-refractivity contribution in [1.29, 1.82) is 0 Å². The Kier molecular flexibility index (Phi) is 11.8. The number of anilines is 2. The quantitative estimate of drug-likeness (QED) is 0.0843. The van der Waals surface area contributed by atoms with E-state index in [0.717, 1.165) is 25.5 Å². The summed E-state index contributed by atoms with van der Waals surface area (Å²) in [7, 11) is 1.53. The molecule has 1 aliphatic carbocycles. The minimum atomic E-state index is -1.28. The second kappa shape index (κ2) is 16.3. The largest absolute Gasteiger partial charge is 0.493 e. The number of aromatic nitrogens is 1. The van der Waals surface area contributed by atoms with Gasteiger partial charge in [-0.1, -0.05) is 6.92 Å². The Morgan fingerprint density at radius 1 is 0.771 bits per heavy atom. The molecular formula is C36H39F2N3O7. The molecule has 2 N–H and O–H groups in total. The van der Waals surface area contributed by atoms with Crippen molar-refractivity contribution >= 4 is 34.1 Å². The predicted octanol–water partition coefficient (Wildman–Crippen LogP) is 7.27. The summed E-state index contributed by atoms with van der Waals surface area (Å²) in [5.74, 6) is -0.988. The maximum atomic E-state index is 15.2. The normalized spacial score (nSPS) is 13.2. The predicted molar refractivity (Wildman–Crippen MR) is 177 cm³/mol. The van der Waals surface area contributed by atoms with Crippen LogP contribution >= 0.6 is 0 Å². The van der Waals surface area contributed by atoms with E-state index >= 15 is 4.39 Å². The topological polar surface area (TPSA) is 117 Å². The van der Waals surface area contributed by atoms with Crippen LogP contribution in [0.3, 0.4) is 0 Å². The molecule has 0 spiro atoms. The van der Waals surface area contributed by atoms with Crippen LogP contribution in [0, 0.1) is 17.0 Å². The highest BCUT2D eigenvalue weighted by Gasteiger charge is 2.56. The van der Waals surface area contributed by atoms with Crippen molar-refractivity contribution in [2.45, 2.75) is 39.0 Å². The van der Waals surface area contributed by atoms with Crippen LogP contribution in [0.1, 0.15) is 39.0 Å². The number of fused-ring (bicyclic) bond motifs is 1. The third kappa shape index (κ3) is 8.75. The monoisotopic (exact) mass is 663 g/mol. The number of rotatable bonds is 18. The highest BCUT2D eigenvalue weighted by atomic mass is 19.1. The van der Waals surface area contributed by atoms with E-state index < -0.39 is 28.9 Å². The minimum absolute atomic E-state index is 0.0769. The van der Waals surface area contributed by atoms with Gasteiger partial charge in [-0.05, 0) is 74.2 Å². The van der Waals surface area contributed by atoms with E-state index in [4.69, 9.17) is 23.7 Å². The molecule has 3 aromatic carbocycles. The highest BCUT2D eigenvalue weighted by Crippen LogP contribution is 2.47. The molecule has 1 fully saturated rings. The number of nitrogens with zero attached hydrogens (tertiary/aromatic N) is 1. The molecule has 0 bridgehead atoms. The number of halogens is 2. The zero-order valence-electron chi connectivity index (χ0n) is 27.0. The molecule has 0 unspecified atom stereocenters. The van der Waals surface area contributed by atoms with E-state index in [9.17, 15) is 14.0 Å². The molecule has 0 saturated heterocycles. The standard InChI is InChI=1S/C36H39F2N3O7/c1-3-16-45-17-4-18-46-19-5-20-47-33-23-29-27(22-32(33)44-2)30(12-15-39-29)48-31-11-10-26(21-28(31)38)41-35(43)36(13-14-36)34(42)40-25-8-6-24(37)7-9-25/h6-12,15,21-23H,3-5,13-14,16-20H2,1-2H3,(H,40,42)(H,41,43). The van der Waals surface area contributed by atoms with E-state index in [1.807, 2.05) is 0 Å². The summed E-state index contributed by atoms with van der Waals surface area (Å²) in [6.07, 6.45) is 4.76. The average molecular weight is 664 g/mol. The van der Waals surface area contributed by atoms with Gasteiger partial charge in [-0.2, -0.15) is 0 Å².